The number of nitrogens with one attached hydrogen (secondary N) is 1. The molecule has 3 heteroatoms. The first-order valence-electron chi connectivity index (χ1n) is 6.70. The quantitative estimate of drug-likeness (QED) is 0.813. The van der Waals surface area contributed by atoms with E-state index in [2.05, 4.69) is 12.2 Å². The normalized spacial score (nSPS) is 18.3. The number of hydrogen-bond acceptors (Lipinski definition) is 3. The van der Waals surface area contributed by atoms with Crippen LogP contribution < -0.4 is 10.1 Å². The summed E-state index contributed by atoms with van der Waals surface area (Å²) >= 11 is 0. The van der Waals surface area contributed by atoms with Crippen LogP contribution >= 0.6 is 0 Å². The topological polar surface area (TPSA) is 38.3 Å². The van der Waals surface area contributed by atoms with Crippen LogP contribution in [-0.4, -0.2) is 25.5 Å². The second-order valence-electron chi connectivity index (χ2n) is 4.93. The number of carbonyl (C=O) groups is 1. The Morgan fingerprint density at radius 3 is 3.06 bits per heavy atom. The Balaban J connectivity index is 1.99. The van der Waals surface area contributed by atoms with E-state index in [9.17, 15) is 4.79 Å². The number of Topliss-reactive ketones (excluding diaryl/α,β-unsaturated/α-hetero) is 1. The molecule has 0 fully saturated rings. The average molecular weight is 247 g/mol. The Bertz CT molecular complexity index is 429. The summed E-state index contributed by atoms with van der Waals surface area (Å²) in [5.74, 6) is 0.899. The van der Waals surface area contributed by atoms with Crippen molar-refractivity contribution >= 4 is 5.78 Å². The molecule has 1 heterocycles. The van der Waals surface area contributed by atoms with Crippen LogP contribution in [0.2, 0.25) is 0 Å². The zero-order valence-electron chi connectivity index (χ0n) is 11.2. The van der Waals surface area contributed by atoms with Crippen LogP contribution in [0, 0.1) is 12.8 Å². The number of carbonyl (C=O) groups excluding carboxylic acids is 1. The third-order valence-corrected chi connectivity index (χ3v) is 3.31. The minimum atomic E-state index is -0.0452. The van der Waals surface area contributed by atoms with Crippen molar-refractivity contribution in [1.82, 2.24) is 5.32 Å². The Hall–Kier alpha value is -1.35. The van der Waals surface area contributed by atoms with Gasteiger partial charge in [-0.1, -0.05) is 25.0 Å². The maximum Gasteiger partial charge on any atom is 0.174 e. The minimum Gasteiger partial charge on any atom is -0.492 e. The van der Waals surface area contributed by atoms with E-state index in [-0.39, 0.29) is 11.7 Å². The highest BCUT2D eigenvalue weighted by atomic mass is 16.5. The fraction of sp³-hybridized carbons (Fsp3) is 0.533. The molecule has 0 saturated carbocycles. The Morgan fingerprint density at radius 1 is 1.44 bits per heavy atom. The van der Waals surface area contributed by atoms with Crippen molar-refractivity contribution in [1.29, 1.82) is 0 Å². The Morgan fingerprint density at radius 2 is 2.28 bits per heavy atom. The van der Waals surface area contributed by atoms with E-state index in [0.717, 1.165) is 29.8 Å². The molecule has 1 unspecified atom stereocenters. The molecule has 0 amide bonds. The lowest BCUT2D eigenvalue weighted by Gasteiger charge is -2.24. The molecular weight excluding hydrogens is 226 g/mol. The second kappa shape index (κ2) is 6.01. The average Bonchev–Trinajstić information content (AvgIpc) is 2.38. The van der Waals surface area contributed by atoms with Crippen LogP contribution in [0.4, 0.5) is 0 Å². The number of ether oxygens (including phenoxy) is 1. The summed E-state index contributed by atoms with van der Waals surface area (Å²) in [6, 6.07) is 5.80. The zero-order valence-corrected chi connectivity index (χ0v) is 11.2. The van der Waals surface area contributed by atoms with E-state index in [0.29, 0.717) is 13.2 Å². The summed E-state index contributed by atoms with van der Waals surface area (Å²) in [6.45, 7) is 6.34. The third-order valence-electron chi connectivity index (χ3n) is 3.31. The summed E-state index contributed by atoms with van der Waals surface area (Å²) in [5, 5.41) is 3.33. The molecule has 0 spiro atoms. The van der Waals surface area contributed by atoms with Gasteiger partial charge in [-0.2, -0.15) is 0 Å². The number of ketones is 1. The highest BCUT2D eigenvalue weighted by Gasteiger charge is 2.28. The summed E-state index contributed by atoms with van der Waals surface area (Å²) in [4.78, 5) is 12.3. The van der Waals surface area contributed by atoms with Gasteiger partial charge in [0.1, 0.15) is 5.75 Å². The van der Waals surface area contributed by atoms with Gasteiger partial charge >= 0.3 is 0 Å². The smallest absolute Gasteiger partial charge is 0.174 e. The molecule has 3 nitrogen and oxygen atoms in total. The van der Waals surface area contributed by atoms with Gasteiger partial charge < -0.3 is 10.1 Å². The predicted octanol–water partition coefficient (Wildman–Crippen LogP) is 2.58. The molecule has 1 atom stereocenters. The number of unbranched alkanes of at least 4 members (excludes halogenated alkanes) is 1. The van der Waals surface area contributed by atoms with Crippen molar-refractivity contribution in [2.45, 2.75) is 26.7 Å². The molecule has 1 aromatic carbocycles. The molecule has 18 heavy (non-hydrogen) atoms. The van der Waals surface area contributed by atoms with Crippen molar-refractivity contribution in [3.8, 4) is 5.75 Å². The summed E-state index contributed by atoms with van der Waals surface area (Å²) < 4.78 is 5.66. The van der Waals surface area contributed by atoms with E-state index >= 15 is 0 Å². The molecule has 1 aliphatic heterocycles. The first-order chi connectivity index (χ1) is 8.72. The van der Waals surface area contributed by atoms with Crippen LogP contribution in [0.1, 0.15) is 35.7 Å². The first-order valence-corrected chi connectivity index (χ1v) is 6.70. The van der Waals surface area contributed by atoms with E-state index in [4.69, 9.17) is 4.74 Å². The molecule has 0 saturated heterocycles. The SMILES string of the molecule is CCCCNCC1COc2ccc(C)cc2C1=O. The van der Waals surface area contributed by atoms with Crippen molar-refractivity contribution in [2.24, 2.45) is 5.92 Å². The van der Waals surface area contributed by atoms with Crippen molar-refractivity contribution in [3.63, 3.8) is 0 Å². The number of benzene rings is 1. The van der Waals surface area contributed by atoms with Gasteiger partial charge in [0.2, 0.25) is 0 Å². The lowest BCUT2D eigenvalue weighted by molar-refractivity contribution is 0.0830. The summed E-state index contributed by atoms with van der Waals surface area (Å²) in [7, 11) is 0. The Kier molecular flexibility index (Phi) is 4.37. The van der Waals surface area contributed by atoms with Crippen LogP contribution in [0.25, 0.3) is 0 Å². The van der Waals surface area contributed by atoms with Gasteiger partial charge in [-0.25, -0.2) is 0 Å². The maximum atomic E-state index is 12.3. The van der Waals surface area contributed by atoms with Crippen LogP contribution in [0.3, 0.4) is 0 Å². The molecule has 2 rings (SSSR count). The van der Waals surface area contributed by atoms with Crippen LogP contribution in [0.15, 0.2) is 18.2 Å². The van der Waals surface area contributed by atoms with Crippen molar-refractivity contribution in [2.75, 3.05) is 19.7 Å². The molecule has 0 aromatic heterocycles. The van der Waals surface area contributed by atoms with E-state index < -0.39 is 0 Å². The van der Waals surface area contributed by atoms with E-state index in [1.165, 1.54) is 6.42 Å². The van der Waals surface area contributed by atoms with Gasteiger partial charge in [-0.15, -0.1) is 0 Å². The molecule has 1 aromatic rings. The predicted molar refractivity (Wildman–Crippen MR) is 72.3 cm³/mol. The minimum absolute atomic E-state index is 0.0452. The van der Waals surface area contributed by atoms with Gasteiger partial charge in [-0.3, -0.25) is 4.79 Å². The Labute approximate surface area is 109 Å². The molecule has 98 valence electrons. The van der Waals surface area contributed by atoms with Crippen LogP contribution in [0.5, 0.6) is 5.75 Å². The van der Waals surface area contributed by atoms with Crippen molar-refractivity contribution < 1.29 is 9.53 Å². The van der Waals surface area contributed by atoms with Gasteiger partial charge in [0.25, 0.3) is 0 Å². The molecule has 1 N–H and O–H groups in total. The molecule has 0 bridgehead atoms. The largest absolute Gasteiger partial charge is 0.492 e. The first kappa shape index (κ1) is 13.1. The van der Waals surface area contributed by atoms with Crippen molar-refractivity contribution in [3.05, 3.63) is 29.3 Å². The lowest BCUT2D eigenvalue weighted by atomic mass is 9.94. The van der Waals surface area contributed by atoms with Gasteiger partial charge in [0.05, 0.1) is 18.1 Å². The fourth-order valence-electron chi connectivity index (χ4n) is 2.18. The third kappa shape index (κ3) is 2.91. The van der Waals surface area contributed by atoms with Gasteiger partial charge in [0.15, 0.2) is 5.78 Å². The molecule has 0 radical (unpaired) electrons. The second-order valence-corrected chi connectivity index (χ2v) is 4.93. The number of hydrogen-bond donors (Lipinski definition) is 1. The maximum absolute atomic E-state index is 12.3. The highest BCUT2D eigenvalue weighted by molar-refractivity contribution is 6.01. The monoisotopic (exact) mass is 247 g/mol. The summed E-state index contributed by atoms with van der Waals surface area (Å²) in [5.41, 5.74) is 1.84. The fourth-order valence-corrected chi connectivity index (χ4v) is 2.18. The highest BCUT2D eigenvalue weighted by Crippen LogP contribution is 2.27. The molecular formula is C15H21NO2. The summed E-state index contributed by atoms with van der Waals surface area (Å²) in [6.07, 6.45) is 2.32. The number of aryl methyl sites for hydroxylation is 1. The zero-order chi connectivity index (χ0) is 13.0. The van der Waals surface area contributed by atoms with E-state index in [1.807, 2.05) is 25.1 Å². The lowest BCUT2D eigenvalue weighted by Crippen LogP contribution is -2.36. The van der Waals surface area contributed by atoms with E-state index in [1.54, 1.807) is 0 Å². The van der Waals surface area contributed by atoms with Gasteiger partial charge in [0, 0.05) is 6.54 Å². The number of rotatable bonds is 5. The van der Waals surface area contributed by atoms with Gasteiger partial charge in [-0.05, 0) is 32.0 Å². The number of fused-ring (bicyclic) bond motifs is 1. The molecule has 1 aliphatic rings. The van der Waals surface area contributed by atoms with Crippen LogP contribution in [-0.2, 0) is 0 Å². The standard InChI is InChI=1S/C15H21NO2/c1-3-4-7-16-9-12-10-18-14-6-5-11(2)8-13(14)15(12)17/h5-6,8,12,16H,3-4,7,9-10H2,1-2H3. The molecule has 0 aliphatic carbocycles.